The maximum absolute atomic E-state index is 10.8. The van der Waals surface area contributed by atoms with Crippen LogP contribution in [0.5, 0.6) is 0 Å². The third kappa shape index (κ3) is 2.89. The van der Waals surface area contributed by atoms with Crippen molar-refractivity contribution >= 4 is 5.78 Å². The van der Waals surface area contributed by atoms with E-state index >= 15 is 0 Å². The van der Waals surface area contributed by atoms with E-state index in [0.717, 1.165) is 0 Å². The summed E-state index contributed by atoms with van der Waals surface area (Å²) in [5, 5.41) is 2.80. The van der Waals surface area contributed by atoms with Crippen molar-refractivity contribution in [3.05, 3.63) is 0 Å². The van der Waals surface area contributed by atoms with Crippen LogP contribution < -0.4 is 5.32 Å². The number of carbonyl (C=O) groups is 1. The molecular formula is C7H11NO. The van der Waals surface area contributed by atoms with Gasteiger partial charge in [-0.3, -0.25) is 4.79 Å². The number of hydrogen-bond acceptors (Lipinski definition) is 2. The maximum Gasteiger partial charge on any atom is 0.161 e. The van der Waals surface area contributed by atoms with Gasteiger partial charge in [0.1, 0.15) is 0 Å². The van der Waals surface area contributed by atoms with Crippen LogP contribution in [0.3, 0.4) is 0 Å². The molecule has 0 heterocycles. The molecule has 0 aromatic carbocycles. The topological polar surface area (TPSA) is 29.1 Å². The number of Topliss-reactive ketones (excluding diaryl/α,β-unsaturated/α-hetero) is 1. The average Bonchev–Trinajstić information content (AvgIpc) is 1.87. The largest absolute Gasteiger partial charge is 0.311 e. The zero-order valence-electron chi connectivity index (χ0n) is 5.77. The summed E-state index contributed by atoms with van der Waals surface area (Å²) in [6.45, 7) is 1.79. The second-order valence-corrected chi connectivity index (χ2v) is 1.86. The number of ketones is 1. The van der Waals surface area contributed by atoms with Gasteiger partial charge in [0, 0.05) is 0 Å². The van der Waals surface area contributed by atoms with Crippen molar-refractivity contribution in [2.24, 2.45) is 0 Å². The molecule has 0 aliphatic heterocycles. The van der Waals surface area contributed by atoms with E-state index in [1.165, 1.54) is 0 Å². The predicted octanol–water partition coefficient (Wildman–Crippen LogP) is 0.187. The fraction of sp³-hybridized carbons (Fsp3) is 0.571. The van der Waals surface area contributed by atoms with Crippen LogP contribution in [0.15, 0.2) is 0 Å². The molecule has 1 N–H and O–H groups in total. The van der Waals surface area contributed by atoms with Crippen LogP contribution in [0.2, 0.25) is 0 Å². The average molecular weight is 125 g/mol. The first kappa shape index (κ1) is 8.19. The molecule has 0 bridgehead atoms. The van der Waals surface area contributed by atoms with E-state index in [2.05, 4.69) is 11.2 Å². The second-order valence-electron chi connectivity index (χ2n) is 1.86. The highest BCUT2D eigenvalue weighted by Gasteiger charge is 2.06. The van der Waals surface area contributed by atoms with E-state index in [1.807, 2.05) is 0 Å². The van der Waals surface area contributed by atoms with Gasteiger partial charge in [0.25, 0.3) is 0 Å². The molecule has 0 fully saturated rings. The summed E-state index contributed by atoms with van der Waals surface area (Å²) in [7, 11) is 1.74. The van der Waals surface area contributed by atoms with Gasteiger partial charge < -0.3 is 5.32 Å². The lowest BCUT2D eigenvalue weighted by Crippen LogP contribution is -2.30. The first-order valence-electron chi connectivity index (χ1n) is 2.85. The van der Waals surface area contributed by atoms with Crippen molar-refractivity contribution in [1.82, 2.24) is 5.32 Å². The molecule has 9 heavy (non-hydrogen) atoms. The summed E-state index contributed by atoms with van der Waals surface area (Å²) in [5.41, 5.74) is 0. The van der Waals surface area contributed by atoms with E-state index in [1.54, 1.807) is 14.0 Å². The van der Waals surface area contributed by atoms with E-state index in [9.17, 15) is 4.79 Å². The fourth-order valence-corrected chi connectivity index (χ4v) is 0.415. The first-order valence-corrected chi connectivity index (χ1v) is 2.85. The SMILES string of the molecule is C#CCC(=O)C(C)NC. The number of rotatable bonds is 3. The number of terminal acetylenes is 1. The number of carbonyl (C=O) groups excluding carboxylic acids is 1. The van der Waals surface area contributed by atoms with Crippen LogP contribution in [-0.2, 0) is 4.79 Å². The van der Waals surface area contributed by atoms with Crippen LogP contribution in [0.4, 0.5) is 0 Å². The molecule has 0 radical (unpaired) electrons. The van der Waals surface area contributed by atoms with Gasteiger partial charge in [-0.15, -0.1) is 6.42 Å². The standard InChI is InChI=1S/C7H11NO/c1-4-5-7(9)6(2)8-3/h1,6,8H,5H2,2-3H3. The minimum atomic E-state index is -0.110. The highest BCUT2D eigenvalue weighted by Crippen LogP contribution is 1.86. The maximum atomic E-state index is 10.8. The van der Waals surface area contributed by atoms with E-state index in [4.69, 9.17) is 6.42 Å². The summed E-state index contributed by atoms with van der Waals surface area (Å²) in [6.07, 6.45) is 5.15. The molecule has 0 amide bonds. The van der Waals surface area contributed by atoms with Gasteiger partial charge in [-0.05, 0) is 14.0 Å². The van der Waals surface area contributed by atoms with Crippen LogP contribution in [-0.4, -0.2) is 18.9 Å². The zero-order chi connectivity index (χ0) is 7.28. The quantitative estimate of drug-likeness (QED) is 0.545. The predicted molar refractivity (Wildman–Crippen MR) is 37.0 cm³/mol. The second kappa shape index (κ2) is 4.11. The van der Waals surface area contributed by atoms with Crippen LogP contribution >= 0.6 is 0 Å². The minimum absolute atomic E-state index is 0.0694. The van der Waals surface area contributed by atoms with E-state index in [0.29, 0.717) is 0 Å². The third-order valence-electron chi connectivity index (χ3n) is 1.19. The smallest absolute Gasteiger partial charge is 0.161 e. The third-order valence-corrected chi connectivity index (χ3v) is 1.19. The van der Waals surface area contributed by atoms with Crippen molar-refractivity contribution in [3.8, 4) is 12.3 Å². The highest BCUT2D eigenvalue weighted by molar-refractivity contribution is 5.85. The molecular weight excluding hydrogens is 114 g/mol. The van der Waals surface area contributed by atoms with E-state index < -0.39 is 0 Å². The Hall–Kier alpha value is -0.810. The van der Waals surface area contributed by atoms with Crippen molar-refractivity contribution in [2.75, 3.05) is 7.05 Å². The molecule has 0 aromatic heterocycles. The molecule has 0 saturated heterocycles. The van der Waals surface area contributed by atoms with Gasteiger partial charge in [0.2, 0.25) is 0 Å². The Morgan fingerprint density at radius 2 is 2.44 bits per heavy atom. The number of likely N-dealkylation sites (N-methyl/N-ethyl adjacent to an activating group) is 1. The summed E-state index contributed by atoms with van der Waals surface area (Å²) < 4.78 is 0. The Morgan fingerprint density at radius 3 is 2.78 bits per heavy atom. The number of nitrogens with one attached hydrogen (secondary N) is 1. The van der Waals surface area contributed by atoms with Crippen LogP contribution in [0.1, 0.15) is 13.3 Å². The van der Waals surface area contributed by atoms with Crippen LogP contribution in [0.25, 0.3) is 0 Å². The summed E-state index contributed by atoms with van der Waals surface area (Å²) in [6, 6.07) is -0.110. The molecule has 2 heteroatoms. The summed E-state index contributed by atoms with van der Waals surface area (Å²) in [5.74, 6) is 2.36. The lowest BCUT2D eigenvalue weighted by atomic mass is 10.2. The molecule has 0 aliphatic carbocycles. The minimum Gasteiger partial charge on any atom is -0.311 e. The molecule has 1 atom stereocenters. The van der Waals surface area contributed by atoms with Crippen molar-refractivity contribution in [1.29, 1.82) is 0 Å². The molecule has 0 rings (SSSR count). The molecule has 0 aromatic rings. The number of hydrogen-bond donors (Lipinski definition) is 1. The molecule has 0 aliphatic rings. The molecule has 0 saturated carbocycles. The lowest BCUT2D eigenvalue weighted by Gasteiger charge is -2.04. The van der Waals surface area contributed by atoms with Gasteiger partial charge >= 0.3 is 0 Å². The van der Waals surface area contributed by atoms with E-state index in [-0.39, 0.29) is 18.2 Å². The Balaban J connectivity index is 3.62. The lowest BCUT2D eigenvalue weighted by molar-refractivity contribution is -0.119. The monoisotopic (exact) mass is 125 g/mol. The Morgan fingerprint density at radius 1 is 1.89 bits per heavy atom. The van der Waals surface area contributed by atoms with Gasteiger partial charge in [-0.2, -0.15) is 0 Å². The van der Waals surface area contributed by atoms with Crippen molar-refractivity contribution in [3.63, 3.8) is 0 Å². The summed E-state index contributed by atoms with van der Waals surface area (Å²) >= 11 is 0. The molecule has 2 nitrogen and oxygen atoms in total. The van der Waals surface area contributed by atoms with Crippen molar-refractivity contribution in [2.45, 2.75) is 19.4 Å². The van der Waals surface area contributed by atoms with Gasteiger partial charge in [0.05, 0.1) is 12.5 Å². The molecule has 0 spiro atoms. The van der Waals surface area contributed by atoms with Crippen LogP contribution in [0, 0.1) is 12.3 Å². The normalized spacial score (nSPS) is 12.1. The molecule has 1 unspecified atom stereocenters. The Bertz CT molecular complexity index is 134. The van der Waals surface area contributed by atoms with Gasteiger partial charge in [0.15, 0.2) is 5.78 Å². The first-order chi connectivity index (χ1) is 4.22. The Kier molecular flexibility index (Phi) is 3.74. The molecule has 50 valence electrons. The highest BCUT2D eigenvalue weighted by atomic mass is 16.1. The fourth-order valence-electron chi connectivity index (χ4n) is 0.415. The summed E-state index contributed by atoms with van der Waals surface area (Å²) in [4.78, 5) is 10.8. The Labute approximate surface area is 55.6 Å². The zero-order valence-corrected chi connectivity index (χ0v) is 5.77. The van der Waals surface area contributed by atoms with Gasteiger partial charge in [-0.1, -0.05) is 5.92 Å². The van der Waals surface area contributed by atoms with Crippen molar-refractivity contribution < 1.29 is 4.79 Å². The van der Waals surface area contributed by atoms with Gasteiger partial charge in [-0.25, -0.2) is 0 Å².